The van der Waals surface area contributed by atoms with Crippen molar-refractivity contribution in [2.45, 2.75) is 52.0 Å². The van der Waals surface area contributed by atoms with Crippen LogP contribution in [-0.4, -0.2) is 55.5 Å². The van der Waals surface area contributed by atoms with E-state index in [9.17, 15) is 4.79 Å². The lowest BCUT2D eigenvalue weighted by Crippen LogP contribution is -2.43. The number of benzene rings is 1. The first kappa shape index (κ1) is 20.6. The van der Waals surface area contributed by atoms with Crippen molar-refractivity contribution in [3.8, 4) is 0 Å². The summed E-state index contributed by atoms with van der Waals surface area (Å²) in [7, 11) is 0. The van der Waals surface area contributed by atoms with E-state index in [0.29, 0.717) is 19.0 Å². The third kappa shape index (κ3) is 5.47. The molecule has 0 spiro atoms. The second-order valence-electron chi connectivity index (χ2n) is 8.20. The molecule has 1 aromatic rings. The Labute approximate surface area is 169 Å². The lowest BCUT2D eigenvalue weighted by Gasteiger charge is -2.34. The van der Waals surface area contributed by atoms with Crippen LogP contribution in [0.1, 0.15) is 51.5 Å². The van der Waals surface area contributed by atoms with Gasteiger partial charge in [0.15, 0.2) is 5.96 Å². The Kier molecular flexibility index (Phi) is 7.31. The number of hydrogen-bond acceptors (Lipinski definition) is 3. The molecule has 2 heterocycles. The number of fused-ring (bicyclic) bond motifs is 1. The van der Waals surface area contributed by atoms with Crippen LogP contribution >= 0.6 is 0 Å². The lowest BCUT2D eigenvalue weighted by atomic mass is 9.90. The Morgan fingerprint density at radius 2 is 2.04 bits per heavy atom. The number of carbonyl (C=O) groups is 1. The van der Waals surface area contributed by atoms with Crippen LogP contribution in [0.3, 0.4) is 0 Å². The summed E-state index contributed by atoms with van der Waals surface area (Å²) in [6.45, 7) is 11.4. The molecule has 0 bridgehead atoms. The molecule has 28 heavy (non-hydrogen) atoms. The van der Waals surface area contributed by atoms with E-state index in [1.54, 1.807) is 0 Å². The minimum atomic E-state index is 0.0837. The molecule has 0 radical (unpaired) electrons. The number of carbonyl (C=O) groups excluding carboxylic acids is 1. The fourth-order valence-corrected chi connectivity index (χ4v) is 4.05. The summed E-state index contributed by atoms with van der Waals surface area (Å²) >= 11 is 0. The topological polar surface area (TPSA) is 68.8 Å². The second-order valence-corrected chi connectivity index (χ2v) is 8.20. The van der Waals surface area contributed by atoms with Gasteiger partial charge in [-0.05, 0) is 57.3 Å². The van der Waals surface area contributed by atoms with Gasteiger partial charge in [-0.25, -0.2) is 0 Å². The van der Waals surface area contributed by atoms with E-state index >= 15 is 0 Å². The summed E-state index contributed by atoms with van der Waals surface area (Å²) < 4.78 is 0. The lowest BCUT2D eigenvalue weighted by molar-refractivity contribution is -0.116. The van der Waals surface area contributed by atoms with Gasteiger partial charge in [-0.15, -0.1) is 0 Å². The smallest absolute Gasteiger partial charge is 0.225 e. The highest BCUT2D eigenvalue weighted by Gasteiger charge is 2.25. The Hall–Kier alpha value is -2.08. The molecule has 154 valence electrons. The summed E-state index contributed by atoms with van der Waals surface area (Å²) in [5, 5.41) is 9.76. The number of likely N-dealkylation sites (tertiary alicyclic amines) is 1. The number of piperidine rings is 1. The predicted octanol–water partition coefficient (Wildman–Crippen LogP) is 2.79. The van der Waals surface area contributed by atoms with E-state index in [1.807, 2.05) is 18.2 Å². The zero-order valence-corrected chi connectivity index (χ0v) is 17.5. The molecule has 1 amide bonds. The molecule has 2 aliphatic heterocycles. The van der Waals surface area contributed by atoms with E-state index < -0.39 is 0 Å². The Bertz CT molecular complexity index is 681. The van der Waals surface area contributed by atoms with Crippen LogP contribution in [0.15, 0.2) is 29.3 Å². The maximum Gasteiger partial charge on any atom is 0.225 e. The molecule has 6 heteroatoms. The van der Waals surface area contributed by atoms with Crippen LogP contribution < -0.4 is 16.0 Å². The van der Waals surface area contributed by atoms with Crippen molar-refractivity contribution in [1.82, 2.24) is 15.5 Å². The van der Waals surface area contributed by atoms with E-state index in [-0.39, 0.29) is 11.8 Å². The van der Waals surface area contributed by atoms with Gasteiger partial charge in [-0.1, -0.05) is 25.1 Å². The molecule has 2 atom stereocenters. The fraction of sp³-hybridized carbons (Fsp3) is 0.636. The zero-order valence-electron chi connectivity index (χ0n) is 17.5. The summed E-state index contributed by atoms with van der Waals surface area (Å²) in [6, 6.07) is 8.52. The fourth-order valence-electron chi connectivity index (χ4n) is 4.05. The van der Waals surface area contributed by atoms with Crippen LogP contribution in [0, 0.1) is 5.92 Å². The predicted molar refractivity (Wildman–Crippen MR) is 116 cm³/mol. The third-order valence-electron chi connectivity index (χ3n) is 5.92. The molecule has 1 fully saturated rings. The van der Waals surface area contributed by atoms with Crippen molar-refractivity contribution < 1.29 is 4.79 Å². The number of guanidine groups is 1. The normalized spacial score (nSPS) is 22.3. The SMILES string of the molecule is CCNC(=NCC(C)N1CCC(C)CC1)NCC1CC(=O)Nc2ccccc21. The molecule has 3 N–H and O–H groups in total. The van der Waals surface area contributed by atoms with Crippen LogP contribution in [0.2, 0.25) is 0 Å². The average Bonchev–Trinajstić information content (AvgIpc) is 2.70. The van der Waals surface area contributed by atoms with Crippen LogP contribution in [0.5, 0.6) is 0 Å². The number of aliphatic imine (C=N–C) groups is 1. The van der Waals surface area contributed by atoms with Gasteiger partial charge in [0.2, 0.25) is 5.91 Å². The van der Waals surface area contributed by atoms with Crippen molar-refractivity contribution in [2.75, 3.05) is 38.0 Å². The van der Waals surface area contributed by atoms with Crippen molar-refractivity contribution >= 4 is 17.6 Å². The van der Waals surface area contributed by atoms with Gasteiger partial charge in [0.05, 0.1) is 6.54 Å². The molecule has 6 nitrogen and oxygen atoms in total. The standard InChI is InChI=1S/C22H35N5O/c1-4-23-22(24-14-17(3)27-11-9-16(2)10-12-27)25-15-18-13-21(28)26-20-8-6-5-7-19(18)20/h5-8,16-18H,4,9-15H2,1-3H3,(H,26,28)(H2,23,24,25). The molecule has 1 aromatic carbocycles. The van der Waals surface area contributed by atoms with Gasteiger partial charge in [0, 0.05) is 37.2 Å². The van der Waals surface area contributed by atoms with E-state index in [0.717, 1.165) is 30.7 Å². The number of hydrogen-bond donors (Lipinski definition) is 3. The van der Waals surface area contributed by atoms with Gasteiger partial charge in [0.1, 0.15) is 0 Å². The zero-order chi connectivity index (χ0) is 19.9. The first-order valence-electron chi connectivity index (χ1n) is 10.7. The summed E-state index contributed by atoms with van der Waals surface area (Å²) in [5.41, 5.74) is 2.13. The van der Waals surface area contributed by atoms with E-state index in [1.165, 1.54) is 31.5 Å². The Balaban J connectivity index is 1.57. The molecule has 3 rings (SSSR count). The molecule has 2 unspecified atom stereocenters. The first-order valence-corrected chi connectivity index (χ1v) is 10.7. The highest BCUT2D eigenvalue weighted by molar-refractivity contribution is 5.94. The summed E-state index contributed by atoms with van der Waals surface area (Å²) in [6.07, 6.45) is 3.08. The van der Waals surface area contributed by atoms with Gasteiger partial charge in [-0.2, -0.15) is 0 Å². The third-order valence-corrected chi connectivity index (χ3v) is 5.92. The maximum atomic E-state index is 12.0. The van der Waals surface area contributed by atoms with Crippen molar-refractivity contribution in [2.24, 2.45) is 10.9 Å². The molecule has 2 aliphatic rings. The van der Waals surface area contributed by atoms with Gasteiger partial charge in [0.25, 0.3) is 0 Å². The largest absolute Gasteiger partial charge is 0.357 e. The van der Waals surface area contributed by atoms with Crippen molar-refractivity contribution in [3.05, 3.63) is 29.8 Å². The van der Waals surface area contributed by atoms with Crippen molar-refractivity contribution in [1.29, 1.82) is 0 Å². The molecular weight excluding hydrogens is 350 g/mol. The molecule has 0 aromatic heterocycles. The van der Waals surface area contributed by atoms with E-state index in [2.05, 4.69) is 47.7 Å². The average molecular weight is 386 g/mol. The number of para-hydroxylation sites is 1. The highest BCUT2D eigenvalue weighted by Crippen LogP contribution is 2.31. The van der Waals surface area contributed by atoms with Gasteiger partial charge in [-0.3, -0.25) is 14.7 Å². The quantitative estimate of drug-likeness (QED) is 0.520. The number of anilines is 1. The van der Waals surface area contributed by atoms with Crippen LogP contribution in [0.25, 0.3) is 0 Å². The molecule has 1 saturated heterocycles. The summed E-state index contributed by atoms with van der Waals surface area (Å²) in [4.78, 5) is 19.4. The monoisotopic (exact) mass is 385 g/mol. The maximum absolute atomic E-state index is 12.0. The Morgan fingerprint density at radius 3 is 2.79 bits per heavy atom. The first-order chi connectivity index (χ1) is 13.6. The van der Waals surface area contributed by atoms with Crippen LogP contribution in [0.4, 0.5) is 5.69 Å². The molecule has 0 saturated carbocycles. The molecular formula is C22H35N5O. The number of nitrogens with one attached hydrogen (secondary N) is 3. The number of nitrogens with zero attached hydrogens (tertiary/aromatic N) is 2. The van der Waals surface area contributed by atoms with E-state index in [4.69, 9.17) is 4.99 Å². The summed E-state index contributed by atoms with van der Waals surface area (Å²) in [5.74, 6) is 1.93. The Morgan fingerprint density at radius 1 is 1.29 bits per heavy atom. The minimum absolute atomic E-state index is 0.0837. The minimum Gasteiger partial charge on any atom is -0.357 e. The number of amides is 1. The van der Waals surface area contributed by atoms with Gasteiger partial charge >= 0.3 is 0 Å². The van der Waals surface area contributed by atoms with Gasteiger partial charge < -0.3 is 16.0 Å². The number of rotatable bonds is 6. The molecule has 0 aliphatic carbocycles. The second kappa shape index (κ2) is 9.92. The highest BCUT2D eigenvalue weighted by atomic mass is 16.1. The van der Waals surface area contributed by atoms with Crippen molar-refractivity contribution in [3.63, 3.8) is 0 Å². The van der Waals surface area contributed by atoms with Crippen LogP contribution in [-0.2, 0) is 4.79 Å².